The van der Waals surface area contributed by atoms with E-state index in [4.69, 9.17) is 4.84 Å². The van der Waals surface area contributed by atoms with Gasteiger partial charge in [0.25, 0.3) is 5.79 Å². The molecule has 0 saturated carbocycles. The van der Waals surface area contributed by atoms with Gasteiger partial charge in [-0.05, 0) is 13.3 Å². The standard InChI is InChI=1S/C10H17N3O2/c1-5-9-7(2)12-15-10(9,14)6-8(11-9)13(3)4/h14H,5-6H2,1-4H3/t9-,10+/m0/s1. The van der Waals surface area contributed by atoms with Crippen LogP contribution in [0, 0.1) is 0 Å². The molecule has 5 nitrogen and oxygen atoms in total. The molecule has 0 radical (unpaired) electrons. The van der Waals surface area contributed by atoms with Crippen LogP contribution < -0.4 is 0 Å². The molecule has 0 bridgehead atoms. The van der Waals surface area contributed by atoms with Crippen molar-refractivity contribution in [1.82, 2.24) is 4.90 Å². The maximum atomic E-state index is 10.4. The fourth-order valence-electron chi connectivity index (χ4n) is 2.27. The summed E-state index contributed by atoms with van der Waals surface area (Å²) in [5.41, 5.74) is 0.0800. The topological polar surface area (TPSA) is 57.4 Å². The van der Waals surface area contributed by atoms with Crippen molar-refractivity contribution < 1.29 is 9.94 Å². The van der Waals surface area contributed by atoms with Crippen LogP contribution in [0.3, 0.4) is 0 Å². The predicted molar refractivity (Wildman–Crippen MR) is 57.9 cm³/mol. The summed E-state index contributed by atoms with van der Waals surface area (Å²) < 4.78 is 0. The van der Waals surface area contributed by atoms with E-state index in [9.17, 15) is 5.11 Å². The van der Waals surface area contributed by atoms with Crippen molar-refractivity contribution in [2.75, 3.05) is 14.1 Å². The van der Waals surface area contributed by atoms with E-state index >= 15 is 0 Å². The van der Waals surface area contributed by atoms with E-state index in [0.29, 0.717) is 12.8 Å². The van der Waals surface area contributed by atoms with Crippen LogP contribution in [0.4, 0.5) is 0 Å². The highest BCUT2D eigenvalue weighted by molar-refractivity contribution is 6.00. The van der Waals surface area contributed by atoms with Gasteiger partial charge in [-0.15, -0.1) is 0 Å². The normalized spacial score (nSPS) is 38.2. The van der Waals surface area contributed by atoms with Gasteiger partial charge >= 0.3 is 0 Å². The molecule has 0 aromatic heterocycles. The number of hydrogen-bond donors (Lipinski definition) is 1. The van der Waals surface area contributed by atoms with Crippen molar-refractivity contribution in [3.63, 3.8) is 0 Å². The minimum Gasteiger partial charge on any atom is -0.366 e. The first-order chi connectivity index (χ1) is 6.95. The van der Waals surface area contributed by atoms with Crippen molar-refractivity contribution in [3.05, 3.63) is 0 Å². The molecule has 1 N–H and O–H groups in total. The third-order valence-corrected chi connectivity index (χ3v) is 3.32. The maximum absolute atomic E-state index is 10.4. The number of oxime groups is 1. The van der Waals surface area contributed by atoms with Crippen LogP contribution in [-0.2, 0) is 4.84 Å². The van der Waals surface area contributed by atoms with E-state index < -0.39 is 11.3 Å². The second-order valence-electron chi connectivity index (χ2n) is 4.37. The molecule has 0 spiro atoms. The van der Waals surface area contributed by atoms with Gasteiger partial charge in [0.15, 0.2) is 5.54 Å². The summed E-state index contributed by atoms with van der Waals surface area (Å²) in [5, 5.41) is 14.3. The van der Waals surface area contributed by atoms with E-state index in [1.54, 1.807) is 0 Å². The Labute approximate surface area is 89.4 Å². The number of amidine groups is 1. The lowest BCUT2D eigenvalue weighted by Gasteiger charge is -2.29. The van der Waals surface area contributed by atoms with Crippen molar-refractivity contribution in [2.45, 2.75) is 38.0 Å². The van der Waals surface area contributed by atoms with Gasteiger partial charge < -0.3 is 14.8 Å². The van der Waals surface area contributed by atoms with Crippen molar-refractivity contribution in [2.24, 2.45) is 10.1 Å². The molecule has 5 heteroatoms. The quantitative estimate of drug-likeness (QED) is 0.690. The SMILES string of the molecule is CC[C@@]12N=C(N(C)C)C[C@@]1(O)ON=C2C. The Balaban J connectivity index is 2.45. The van der Waals surface area contributed by atoms with Crippen LogP contribution in [0.25, 0.3) is 0 Å². The number of rotatable bonds is 1. The molecule has 2 aliphatic heterocycles. The Hall–Kier alpha value is -1.10. The number of aliphatic hydroxyl groups is 1. The molecular weight excluding hydrogens is 194 g/mol. The van der Waals surface area contributed by atoms with Crippen molar-refractivity contribution >= 4 is 11.5 Å². The number of fused-ring (bicyclic) bond motifs is 1. The Morgan fingerprint density at radius 1 is 1.53 bits per heavy atom. The minimum atomic E-state index is -1.27. The summed E-state index contributed by atoms with van der Waals surface area (Å²) in [6, 6.07) is 0. The Kier molecular flexibility index (Phi) is 2.05. The molecule has 0 aliphatic carbocycles. The van der Waals surface area contributed by atoms with E-state index in [2.05, 4.69) is 10.1 Å². The zero-order valence-electron chi connectivity index (χ0n) is 9.61. The zero-order valence-corrected chi connectivity index (χ0v) is 9.61. The van der Waals surface area contributed by atoms with Gasteiger partial charge in [0, 0.05) is 14.1 Å². The third-order valence-electron chi connectivity index (χ3n) is 3.32. The summed E-state index contributed by atoms with van der Waals surface area (Å²) in [4.78, 5) is 11.6. The molecule has 0 aromatic rings. The van der Waals surface area contributed by atoms with Crippen LogP contribution >= 0.6 is 0 Å². The zero-order chi connectivity index (χ0) is 11.3. The molecule has 2 rings (SSSR count). The summed E-state index contributed by atoms with van der Waals surface area (Å²) in [6.07, 6.45) is 1.09. The molecule has 2 heterocycles. The van der Waals surface area contributed by atoms with E-state index in [1.165, 1.54) is 0 Å². The van der Waals surface area contributed by atoms with E-state index in [-0.39, 0.29) is 0 Å². The van der Waals surface area contributed by atoms with Crippen molar-refractivity contribution in [1.29, 1.82) is 0 Å². The Morgan fingerprint density at radius 3 is 2.67 bits per heavy atom. The minimum absolute atomic E-state index is 0.397. The average molecular weight is 211 g/mol. The summed E-state index contributed by atoms with van der Waals surface area (Å²) in [7, 11) is 3.83. The molecule has 2 aliphatic rings. The van der Waals surface area contributed by atoms with E-state index in [0.717, 1.165) is 11.5 Å². The van der Waals surface area contributed by atoms with Gasteiger partial charge in [0.2, 0.25) is 0 Å². The number of nitrogens with zero attached hydrogens (tertiary/aromatic N) is 3. The Bertz CT molecular complexity index is 351. The molecular formula is C10H17N3O2. The van der Waals surface area contributed by atoms with Gasteiger partial charge in [-0.1, -0.05) is 12.1 Å². The van der Waals surface area contributed by atoms with Gasteiger partial charge in [0.1, 0.15) is 5.84 Å². The summed E-state index contributed by atoms with van der Waals surface area (Å²) in [5.74, 6) is -0.417. The highest BCUT2D eigenvalue weighted by atomic mass is 16.7. The first kappa shape index (κ1) is 10.4. The lowest BCUT2D eigenvalue weighted by molar-refractivity contribution is -0.203. The summed E-state index contributed by atoms with van der Waals surface area (Å²) in [6.45, 7) is 3.84. The largest absolute Gasteiger partial charge is 0.366 e. The lowest BCUT2D eigenvalue weighted by Crippen LogP contribution is -2.51. The van der Waals surface area contributed by atoms with Crippen LogP contribution in [0.2, 0.25) is 0 Å². The highest BCUT2D eigenvalue weighted by Crippen LogP contribution is 2.45. The Morgan fingerprint density at radius 2 is 2.20 bits per heavy atom. The van der Waals surface area contributed by atoms with Crippen molar-refractivity contribution in [3.8, 4) is 0 Å². The van der Waals surface area contributed by atoms with Gasteiger partial charge in [0.05, 0.1) is 12.1 Å². The molecule has 15 heavy (non-hydrogen) atoms. The van der Waals surface area contributed by atoms with Crippen LogP contribution in [0.15, 0.2) is 10.1 Å². The second-order valence-corrected chi connectivity index (χ2v) is 4.37. The van der Waals surface area contributed by atoms with Gasteiger partial charge in [-0.25, -0.2) is 0 Å². The predicted octanol–water partition coefficient (Wildman–Crippen LogP) is 0.594. The molecule has 0 amide bonds. The molecule has 2 atom stereocenters. The maximum Gasteiger partial charge on any atom is 0.272 e. The molecule has 0 fully saturated rings. The monoisotopic (exact) mass is 211 g/mol. The van der Waals surface area contributed by atoms with Crippen LogP contribution in [0.5, 0.6) is 0 Å². The van der Waals surface area contributed by atoms with Gasteiger partial charge in [-0.3, -0.25) is 4.99 Å². The first-order valence-corrected chi connectivity index (χ1v) is 5.17. The number of hydrogen-bond acceptors (Lipinski definition) is 5. The molecule has 0 saturated heterocycles. The smallest absolute Gasteiger partial charge is 0.272 e. The van der Waals surface area contributed by atoms with E-state index in [1.807, 2.05) is 32.8 Å². The molecule has 0 unspecified atom stereocenters. The fraction of sp³-hybridized carbons (Fsp3) is 0.800. The van der Waals surface area contributed by atoms with Gasteiger partial charge in [-0.2, -0.15) is 0 Å². The first-order valence-electron chi connectivity index (χ1n) is 5.17. The second kappa shape index (κ2) is 2.95. The van der Waals surface area contributed by atoms with Crippen LogP contribution in [-0.4, -0.2) is 47.0 Å². The molecule has 0 aromatic carbocycles. The van der Waals surface area contributed by atoms with Crippen LogP contribution in [0.1, 0.15) is 26.7 Å². The lowest BCUT2D eigenvalue weighted by atomic mass is 9.84. The highest BCUT2D eigenvalue weighted by Gasteiger charge is 2.63. The number of aliphatic imine (C=N–C) groups is 1. The summed E-state index contributed by atoms with van der Waals surface area (Å²) >= 11 is 0. The average Bonchev–Trinajstić information content (AvgIpc) is 2.60. The molecule has 84 valence electrons. The third kappa shape index (κ3) is 1.13. The fourth-order valence-corrected chi connectivity index (χ4v) is 2.27.